The summed E-state index contributed by atoms with van der Waals surface area (Å²) in [5, 5.41) is 2.91. The number of hydrogen-bond acceptors (Lipinski definition) is 1. The van der Waals surface area contributed by atoms with Crippen LogP contribution in [0.2, 0.25) is 0 Å². The van der Waals surface area contributed by atoms with E-state index >= 15 is 0 Å². The van der Waals surface area contributed by atoms with Crippen LogP contribution in [0.15, 0.2) is 36.4 Å². The first-order chi connectivity index (χ1) is 9.09. The molecule has 0 spiro atoms. The van der Waals surface area contributed by atoms with Crippen LogP contribution in [0.25, 0.3) is 0 Å². The molecule has 2 aromatic carbocycles. The maximum Gasteiger partial charge on any atom is 0.178 e. The molecule has 0 aromatic heterocycles. The van der Waals surface area contributed by atoms with Gasteiger partial charge in [0.1, 0.15) is 0 Å². The van der Waals surface area contributed by atoms with Crippen molar-refractivity contribution in [1.29, 1.82) is 0 Å². The Morgan fingerprint density at radius 3 is 1.53 bits per heavy atom. The molecule has 0 atom stereocenters. The van der Waals surface area contributed by atoms with Gasteiger partial charge >= 0.3 is 0 Å². The Bertz CT molecular complexity index is 527. The first-order valence-electron chi connectivity index (χ1n) is 6.77. The minimum Gasteiger partial charge on any atom is -0.458 e. The Morgan fingerprint density at radius 1 is 0.684 bits per heavy atom. The molecule has 0 aliphatic carbocycles. The molecule has 0 saturated heterocycles. The molecule has 0 bridgehead atoms. The molecular formula is C16H22OSi2. The summed E-state index contributed by atoms with van der Waals surface area (Å²) >= 11 is 0. The van der Waals surface area contributed by atoms with E-state index in [0.29, 0.717) is 0 Å². The van der Waals surface area contributed by atoms with E-state index < -0.39 is 19.5 Å². The van der Waals surface area contributed by atoms with Gasteiger partial charge in [0.25, 0.3) is 0 Å². The van der Waals surface area contributed by atoms with E-state index in [1.165, 1.54) is 32.6 Å². The van der Waals surface area contributed by atoms with Gasteiger partial charge in [-0.1, -0.05) is 36.4 Å². The Kier molecular flexibility index (Phi) is 4.74. The molecule has 100 valence electrons. The summed E-state index contributed by atoms with van der Waals surface area (Å²) < 4.78 is 6.16. The molecule has 0 saturated carbocycles. The predicted molar refractivity (Wildman–Crippen MR) is 89.3 cm³/mol. The summed E-state index contributed by atoms with van der Waals surface area (Å²) in [5.74, 6) is 0. The highest BCUT2D eigenvalue weighted by molar-refractivity contribution is 6.60. The van der Waals surface area contributed by atoms with E-state index in [4.69, 9.17) is 4.12 Å². The maximum atomic E-state index is 6.16. The Labute approximate surface area is 120 Å². The third-order valence-corrected chi connectivity index (χ3v) is 7.74. The number of benzene rings is 2. The molecule has 0 amide bonds. The van der Waals surface area contributed by atoms with E-state index in [-0.39, 0.29) is 0 Å². The first-order valence-corrected chi connectivity index (χ1v) is 9.34. The second-order valence-corrected chi connectivity index (χ2v) is 8.94. The zero-order valence-corrected chi connectivity index (χ0v) is 15.1. The number of hydrogen-bond donors (Lipinski definition) is 0. The molecule has 0 unspecified atom stereocenters. The minimum absolute atomic E-state index is 0.572. The normalized spacial score (nSPS) is 12.0. The third kappa shape index (κ3) is 3.44. The lowest BCUT2D eigenvalue weighted by atomic mass is 10.1. The van der Waals surface area contributed by atoms with Gasteiger partial charge in [-0.3, -0.25) is 0 Å². The lowest BCUT2D eigenvalue weighted by molar-refractivity contribution is 0.662. The van der Waals surface area contributed by atoms with Crippen molar-refractivity contribution in [3.63, 3.8) is 0 Å². The molecule has 0 aliphatic heterocycles. The fourth-order valence-electron chi connectivity index (χ4n) is 2.21. The molecule has 0 fully saturated rings. The van der Waals surface area contributed by atoms with Crippen molar-refractivity contribution >= 4 is 29.9 Å². The van der Waals surface area contributed by atoms with Gasteiger partial charge in [0.15, 0.2) is 19.5 Å². The van der Waals surface area contributed by atoms with Crippen LogP contribution in [-0.4, -0.2) is 19.5 Å². The third-order valence-electron chi connectivity index (χ3n) is 3.95. The van der Waals surface area contributed by atoms with Gasteiger partial charge in [0, 0.05) is 0 Å². The van der Waals surface area contributed by atoms with Gasteiger partial charge in [-0.05, 0) is 60.3 Å². The van der Waals surface area contributed by atoms with Crippen LogP contribution in [0, 0.1) is 27.7 Å². The van der Waals surface area contributed by atoms with E-state index in [0.717, 1.165) is 0 Å². The van der Waals surface area contributed by atoms with Gasteiger partial charge < -0.3 is 4.12 Å². The summed E-state index contributed by atoms with van der Waals surface area (Å²) in [6, 6.07) is 13.1. The van der Waals surface area contributed by atoms with Crippen molar-refractivity contribution in [3.05, 3.63) is 58.7 Å². The molecule has 0 aliphatic rings. The Balaban J connectivity index is 2.00. The lowest BCUT2D eigenvalue weighted by Gasteiger charge is -2.11. The number of aryl methyl sites for hydroxylation is 2. The largest absolute Gasteiger partial charge is 0.458 e. The number of rotatable bonds is 4. The Morgan fingerprint density at radius 2 is 1.11 bits per heavy atom. The van der Waals surface area contributed by atoms with Crippen LogP contribution in [0.4, 0.5) is 0 Å². The van der Waals surface area contributed by atoms with E-state index in [1.54, 1.807) is 0 Å². The van der Waals surface area contributed by atoms with Crippen molar-refractivity contribution in [2.75, 3.05) is 0 Å². The summed E-state index contributed by atoms with van der Waals surface area (Å²) in [6.45, 7) is 8.77. The zero-order valence-electron chi connectivity index (χ0n) is 12.3. The second-order valence-electron chi connectivity index (χ2n) is 5.21. The van der Waals surface area contributed by atoms with Gasteiger partial charge in [0.2, 0.25) is 0 Å². The van der Waals surface area contributed by atoms with Gasteiger partial charge in [-0.2, -0.15) is 0 Å². The molecule has 2 rings (SSSR count). The van der Waals surface area contributed by atoms with Gasteiger partial charge in [-0.15, -0.1) is 0 Å². The zero-order chi connectivity index (χ0) is 13.8. The fraction of sp³-hybridized carbons (Fsp3) is 0.250. The summed E-state index contributed by atoms with van der Waals surface area (Å²) in [4.78, 5) is 0. The lowest BCUT2D eigenvalue weighted by Crippen LogP contribution is -2.29. The van der Waals surface area contributed by atoms with E-state index in [9.17, 15) is 0 Å². The highest BCUT2D eigenvalue weighted by Gasteiger charge is 2.04. The molecule has 0 heterocycles. The van der Waals surface area contributed by atoms with E-state index in [1.807, 2.05) is 0 Å². The van der Waals surface area contributed by atoms with Crippen LogP contribution in [-0.2, 0) is 4.12 Å². The van der Waals surface area contributed by atoms with Crippen LogP contribution in [0.3, 0.4) is 0 Å². The van der Waals surface area contributed by atoms with Crippen LogP contribution >= 0.6 is 0 Å². The first kappa shape index (κ1) is 14.2. The van der Waals surface area contributed by atoms with Crippen molar-refractivity contribution in [2.24, 2.45) is 0 Å². The molecule has 19 heavy (non-hydrogen) atoms. The Hall–Kier alpha value is -1.17. The highest BCUT2D eigenvalue weighted by atomic mass is 28.3. The average Bonchev–Trinajstić information content (AvgIpc) is 2.39. The molecule has 2 aromatic rings. The summed E-state index contributed by atoms with van der Waals surface area (Å²) in [5.41, 5.74) is 5.59. The standard InChI is InChI=1S/C16H22OSi2/c1-11-7-5-9-15(13(11)3)18-17-19-16-10-6-8-12(2)14(16)4/h5-10H,18-19H2,1-4H3. The second kappa shape index (κ2) is 6.32. The topological polar surface area (TPSA) is 9.23 Å². The average molecular weight is 287 g/mol. The maximum absolute atomic E-state index is 6.16. The molecule has 0 N–H and O–H groups in total. The molecular weight excluding hydrogens is 264 g/mol. The quantitative estimate of drug-likeness (QED) is 0.764. The summed E-state index contributed by atoms with van der Waals surface area (Å²) in [7, 11) is -1.14. The van der Waals surface area contributed by atoms with Crippen LogP contribution < -0.4 is 10.4 Å². The highest BCUT2D eigenvalue weighted by Crippen LogP contribution is 2.03. The summed E-state index contributed by atoms with van der Waals surface area (Å²) in [6.07, 6.45) is 0. The molecule has 1 nitrogen and oxygen atoms in total. The van der Waals surface area contributed by atoms with Crippen molar-refractivity contribution in [2.45, 2.75) is 27.7 Å². The monoisotopic (exact) mass is 286 g/mol. The smallest absolute Gasteiger partial charge is 0.178 e. The van der Waals surface area contributed by atoms with E-state index in [2.05, 4.69) is 64.1 Å². The SMILES string of the molecule is Cc1cccc([SiH2]O[SiH2]c2cccc(C)c2C)c1C. The molecule has 0 radical (unpaired) electrons. The van der Waals surface area contributed by atoms with Gasteiger partial charge in [0.05, 0.1) is 0 Å². The van der Waals surface area contributed by atoms with Crippen LogP contribution in [0.1, 0.15) is 22.3 Å². The van der Waals surface area contributed by atoms with Crippen LogP contribution in [0.5, 0.6) is 0 Å². The van der Waals surface area contributed by atoms with Crippen molar-refractivity contribution in [1.82, 2.24) is 0 Å². The fourth-order valence-corrected chi connectivity index (χ4v) is 5.83. The minimum atomic E-state index is -0.572. The molecule has 3 heteroatoms. The van der Waals surface area contributed by atoms with Crippen molar-refractivity contribution in [3.8, 4) is 0 Å². The van der Waals surface area contributed by atoms with Crippen molar-refractivity contribution < 1.29 is 4.12 Å². The predicted octanol–water partition coefficient (Wildman–Crippen LogP) is 1.06. The van der Waals surface area contributed by atoms with Gasteiger partial charge in [-0.25, -0.2) is 0 Å².